The number of hydrogen-bond donors (Lipinski definition) is 0. The number of halogens is 2. The molecule has 3 aliphatic rings. The second kappa shape index (κ2) is 10.3. The van der Waals surface area contributed by atoms with E-state index in [1.54, 1.807) is 22.3 Å². The molecule has 0 N–H and O–H groups in total. The van der Waals surface area contributed by atoms with Crippen LogP contribution in [0.4, 0.5) is 0 Å². The van der Waals surface area contributed by atoms with Crippen LogP contribution in [-0.2, 0) is 16.6 Å². The Hall–Kier alpha value is -1.83. The van der Waals surface area contributed by atoms with Crippen LogP contribution in [0.3, 0.4) is 0 Å². The molecule has 1 heterocycles. The fourth-order valence-electron chi connectivity index (χ4n) is 7.92. The van der Waals surface area contributed by atoms with Gasteiger partial charge in [0.2, 0.25) is 0 Å². The fourth-order valence-corrected chi connectivity index (χ4v) is 18.2. The average Bonchev–Trinajstić information content (AvgIpc) is 3.45. The molecule has 1 fully saturated rings. The van der Waals surface area contributed by atoms with Gasteiger partial charge < -0.3 is 24.8 Å². The maximum absolute atomic E-state index is 2.63. The van der Waals surface area contributed by atoms with Crippen molar-refractivity contribution in [3.8, 4) is 0 Å². The first-order valence-electron chi connectivity index (χ1n) is 14.0. The zero-order valence-electron chi connectivity index (χ0n) is 22.8. The maximum Gasteiger partial charge on any atom is -1.00 e. The standard InChI is InChI=1S/2C16H15.C3H6.2ClH.Ti/c2*1-11(2)14-9-13-8-7-12-5-3-4-6-15(12)16(13)10-14;1-3-2;;;/h2*3-11H,1-2H3;1-3H2;2*1H;/q;;;;;+2/p-2. The van der Waals surface area contributed by atoms with Crippen LogP contribution in [0.15, 0.2) is 83.9 Å². The summed E-state index contributed by atoms with van der Waals surface area (Å²) in [5.41, 5.74) is 9.86. The quantitative estimate of drug-likeness (QED) is 0.319. The van der Waals surface area contributed by atoms with E-state index < -0.39 is 16.6 Å². The summed E-state index contributed by atoms with van der Waals surface area (Å²) < 4.78 is 4.37. The summed E-state index contributed by atoms with van der Waals surface area (Å²) in [6, 6.07) is 27.9. The number of benzene rings is 4. The van der Waals surface area contributed by atoms with Gasteiger partial charge in [0.05, 0.1) is 0 Å². The van der Waals surface area contributed by atoms with E-state index in [1.807, 2.05) is 0 Å². The first-order chi connectivity index (χ1) is 17.5. The Bertz CT molecular complexity index is 1470. The minimum Gasteiger partial charge on any atom is -1.00 e. The predicted octanol–water partition coefficient (Wildman–Crippen LogP) is 4.28. The summed E-state index contributed by atoms with van der Waals surface area (Å²) in [6.45, 7) is 9.77. The van der Waals surface area contributed by atoms with Gasteiger partial charge in [-0.1, -0.05) is 0 Å². The van der Waals surface area contributed by atoms with Crippen molar-refractivity contribution in [1.82, 2.24) is 0 Å². The summed E-state index contributed by atoms with van der Waals surface area (Å²) in [5, 5.41) is 5.66. The van der Waals surface area contributed by atoms with Gasteiger partial charge in [0.1, 0.15) is 0 Å². The van der Waals surface area contributed by atoms with Gasteiger partial charge in [-0.05, 0) is 0 Å². The topological polar surface area (TPSA) is 0 Å². The Morgan fingerprint density at radius 1 is 0.579 bits per heavy atom. The van der Waals surface area contributed by atoms with Gasteiger partial charge in [-0.3, -0.25) is 0 Å². The summed E-state index contributed by atoms with van der Waals surface area (Å²) >= 11 is -2.44. The van der Waals surface area contributed by atoms with Crippen molar-refractivity contribution in [2.24, 2.45) is 11.8 Å². The normalized spacial score (nSPS) is 20.1. The molecule has 0 amide bonds. The second-order valence-electron chi connectivity index (χ2n) is 12.1. The van der Waals surface area contributed by atoms with Crippen LogP contribution in [0.25, 0.3) is 33.7 Å². The van der Waals surface area contributed by atoms with E-state index in [1.165, 1.54) is 48.5 Å². The Labute approximate surface area is 243 Å². The third kappa shape index (κ3) is 3.90. The van der Waals surface area contributed by atoms with Crippen LogP contribution in [-0.4, -0.2) is 0 Å². The molecular formula is C35H36Cl2Ti. The molecule has 4 aromatic rings. The summed E-state index contributed by atoms with van der Waals surface area (Å²) in [7, 11) is 0. The Morgan fingerprint density at radius 3 is 1.37 bits per heavy atom. The van der Waals surface area contributed by atoms with Crippen LogP contribution in [0.1, 0.15) is 64.8 Å². The van der Waals surface area contributed by atoms with E-state index in [9.17, 15) is 0 Å². The molecule has 2 atom stereocenters. The van der Waals surface area contributed by atoms with Crippen LogP contribution < -0.4 is 24.8 Å². The summed E-state index contributed by atoms with van der Waals surface area (Å²) in [6.07, 6.45) is 6.69. The molecule has 1 saturated heterocycles. The molecule has 7 rings (SSSR count). The first kappa shape index (κ1) is 27.7. The van der Waals surface area contributed by atoms with Crippen molar-refractivity contribution in [1.29, 1.82) is 0 Å². The van der Waals surface area contributed by atoms with Crippen molar-refractivity contribution in [3.05, 3.63) is 106 Å². The molecule has 4 aromatic carbocycles. The molecule has 0 bridgehead atoms. The third-order valence-electron chi connectivity index (χ3n) is 9.69. The van der Waals surface area contributed by atoms with E-state index in [0.717, 1.165) is 0 Å². The maximum atomic E-state index is 2.63. The molecule has 0 nitrogen and oxygen atoms in total. The van der Waals surface area contributed by atoms with E-state index >= 15 is 0 Å². The van der Waals surface area contributed by atoms with Gasteiger partial charge >= 0.3 is 220 Å². The molecule has 0 radical (unpaired) electrons. The summed E-state index contributed by atoms with van der Waals surface area (Å²) in [5.74, 6) is 1.18. The molecule has 1 aliphatic heterocycles. The molecule has 2 aliphatic carbocycles. The van der Waals surface area contributed by atoms with E-state index in [0.29, 0.717) is 20.3 Å². The van der Waals surface area contributed by atoms with Crippen molar-refractivity contribution < 1.29 is 41.4 Å². The van der Waals surface area contributed by atoms with Crippen molar-refractivity contribution in [3.63, 3.8) is 0 Å². The predicted molar refractivity (Wildman–Crippen MR) is 153 cm³/mol. The molecule has 3 heteroatoms. The largest absolute Gasteiger partial charge is 1.00 e. The Balaban J connectivity index is 0.00000147. The van der Waals surface area contributed by atoms with Crippen LogP contribution in [0.2, 0.25) is 9.45 Å². The van der Waals surface area contributed by atoms with E-state index in [4.69, 9.17) is 0 Å². The third-order valence-corrected chi connectivity index (χ3v) is 19.3. The smallest absolute Gasteiger partial charge is 1.00 e. The van der Waals surface area contributed by atoms with Gasteiger partial charge in [0, 0.05) is 0 Å². The number of allylic oxidation sites excluding steroid dienone is 2. The summed E-state index contributed by atoms with van der Waals surface area (Å²) in [4.78, 5) is 0. The Morgan fingerprint density at radius 2 is 1.00 bits per heavy atom. The van der Waals surface area contributed by atoms with Crippen molar-refractivity contribution in [2.75, 3.05) is 0 Å². The van der Waals surface area contributed by atoms with Gasteiger partial charge in [-0.15, -0.1) is 0 Å². The molecular weight excluding hydrogens is 539 g/mol. The zero-order valence-corrected chi connectivity index (χ0v) is 25.8. The first-order valence-corrected chi connectivity index (χ1v) is 18.0. The zero-order chi connectivity index (χ0) is 24.6. The number of hydrogen-bond acceptors (Lipinski definition) is 0. The van der Waals surface area contributed by atoms with Gasteiger partial charge in [0.15, 0.2) is 0 Å². The molecule has 0 aromatic heterocycles. The minimum absolute atomic E-state index is 0. The monoisotopic (exact) mass is 574 g/mol. The minimum atomic E-state index is -2.44. The van der Waals surface area contributed by atoms with Crippen LogP contribution in [0, 0.1) is 11.8 Å². The van der Waals surface area contributed by atoms with Crippen LogP contribution >= 0.6 is 0 Å². The number of fused-ring (bicyclic) bond motifs is 6. The average molecular weight is 575 g/mol. The molecule has 38 heavy (non-hydrogen) atoms. The molecule has 2 unspecified atom stereocenters. The molecule has 0 spiro atoms. The molecule has 0 saturated carbocycles. The van der Waals surface area contributed by atoms with Crippen LogP contribution in [0.5, 0.6) is 0 Å². The van der Waals surface area contributed by atoms with E-state index in [-0.39, 0.29) is 24.8 Å². The Kier molecular flexibility index (Phi) is 7.51. The fraction of sp³-hybridized carbons (Fsp3) is 0.314. The van der Waals surface area contributed by atoms with Crippen molar-refractivity contribution in [2.45, 2.75) is 52.0 Å². The second-order valence-corrected chi connectivity index (χ2v) is 19.3. The van der Waals surface area contributed by atoms with E-state index in [2.05, 4.69) is 113 Å². The SMILES string of the molecule is CC(C)C1=Cc2c(ccc3ccccc23)[CH]1[Ti+2]1([CH]2C(C(C)C)=Cc3c2ccc2ccccc32)[CH2]C[CH2]1.[Cl-].[Cl-]. The number of rotatable bonds is 4. The van der Waals surface area contributed by atoms with Gasteiger partial charge in [-0.25, -0.2) is 0 Å². The van der Waals surface area contributed by atoms with Crippen molar-refractivity contribution >= 4 is 33.7 Å². The van der Waals surface area contributed by atoms with Gasteiger partial charge in [0.25, 0.3) is 0 Å². The molecule has 194 valence electrons. The van der Waals surface area contributed by atoms with Gasteiger partial charge in [-0.2, -0.15) is 0 Å².